The first-order valence-electron chi connectivity index (χ1n) is 13.3. The van der Waals surface area contributed by atoms with Crippen molar-refractivity contribution in [1.29, 1.82) is 0 Å². The van der Waals surface area contributed by atoms with Gasteiger partial charge in [0.1, 0.15) is 11.4 Å². The van der Waals surface area contributed by atoms with E-state index in [0.29, 0.717) is 17.9 Å². The molecule has 1 atom stereocenters. The standard InChI is InChI=1S/C32H30N4O2S/c1-3-21-8-10-24(11-9-21)35(2)25-12-13-26-23(15-17-38-30(26)19-25)20-36-29-7-5-4-6-27(29)34-31(36)28-18-22(32(37)39)14-16-33-28/h4-14,16,18-19,23H,3,15,17,20H2,1-2H3,(H,37,39). The number of aryl methyl sites for hydroxylation is 1. The summed E-state index contributed by atoms with van der Waals surface area (Å²) in [6.45, 7) is 3.54. The summed E-state index contributed by atoms with van der Waals surface area (Å²) in [6, 6.07) is 26.8. The van der Waals surface area contributed by atoms with E-state index >= 15 is 0 Å². The Morgan fingerprint density at radius 1 is 1.05 bits per heavy atom. The van der Waals surface area contributed by atoms with E-state index in [1.54, 1.807) is 18.3 Å². The van der Waals surface area contributed by atoms with Gasteiger partial charge in [-0.1, -0.05) is 37.3 Å². The predicted octanol–water partition coefficient (Wildman–Crippen LogP) is 7.06. The molecule has 3 aromatic carbocycles. The van der Waals surface area contributed by atoms with Crippen LogP contribution in [0.1, 0.15) is 40.7 Å². The normalized spacial score (nSPS) is 14.6. The van der Waals surface area contributed by atoms with Gasteiger partial charge in [-0.25, -0.2) is 4.98 Å². The molecule has 3 heterocycles. The summed E-state index contributed by atoms with van der Waals surface area (Å²) in [6.07, 6.45) is 3.57. The number of hydrogen-bond donors (Lipinski definition) is 1. The van der Waals surface area contributed by atoms with Crippen molar-refractivity contribution in [2.24, 2.45) is 0 Å². The summed E-state index contributed by atoms with van der Waals surface area (Å²) >= 11 is 4.00. The van der Waals surface area contributed by atoms with Gasteiger partial charge in [-0.05, 0) is 66.4 Å². The maximum Gasteiger partial charge on any atom is 0.216 e. The number of benzene rings is 3. The first-order valence-corrected chi connectivity index (χ1v) is 13.7. The van der Waals surface area contributed by atoms with Crippen molar-refractivity contribution in [3.63, 3.8) is 0 Å². The molecule has 1 aliphatic rings. The highest BCUT2D eigenvalue weighted by Gasteiger charge is 2.25. The van der Waals surface area contributed by atoms with E-state index in [0.717, 1.165) is 53.4 Å². The molecule has 7 heteroatoms. The fraction of sp³-hybridized carbons (Fsp3) is 0.219. The molecule has 0 spiro atoms. The number of carbonyl (C=O) groups excluding carboxylic acids is 1. The van der Waals surface area contributed by atoms with Gasteiger partial charge in [0.05, 0.1) is 17.6 Å². The molecule has 39 heavy (non-hydrogen) atoms. The number of carbonyl (C=O) groups is 1. The molecular weight excluding hydrogens is 504 g/mol. The lowest BCUT2D eigenvalue weighted by Gasteiger charge is -2.29. The Bertz CT molecular complexity index is 1660. The van der Waals surface area contributed by atoms with Crippen LogP contribution in [-0.2, 0) is 13.0 Å². The van der Waals surface area contributed by atoms with Crippen LogP contribution in [0.25, 0.3) is 22.6 Å². The van der Waals surface area contributed by atoms with Crippen LogP contribution >= 0.6 is 12.6 Å². The van der Waals surface area contributed by atoms with Crippen molar-refractivity contribution >= 4 is 40.2 Å². The molecule has 6 rings (SSSR count). The van der Waals surface area contributed by atoms with Gasteiger partial charge in [0, 0.05) is 48.7 Å². The predicted molar refractivity (Wildman–Crippen MR) is 159 cm³/mol. The third kappa shape index (κ3) is 4.90. The minimum absolute atomic E-state index is 0.239. The average Bonchev–Trinajstić information content (AvgIpc) is 3.35. The summed E-state index contributed by atoms with van der Waals surface area (Å²) in [4.78, 5) is 23.6. The summed E-state index contributed by atoms with van der Waals surface area (Å²) in [7, 11) is 2.09. The molecule has 0 saturated heterocycles. The van der Waals surface area contributed by atoms with Crippen LogP contribution in [0.15, 0.2) is 85.1 Å². The Hall–Kier alpha value is -4.10. The van der Waals surface area contributed by atoms with Crippen molar-refractivity contribution in [3.05, 3.63) is 102 Å². The van der Waals surface area contributed by atoms with Crippen molar-refractivity contribution in [3.8, 4) is 17.3 Å². The lowest BCUT2D eigenvalue weighted by molar-refractivity contribution is 0.109. The monoisotopic (exact) mass is 534 g/mol. The molecule has 0 radical (unpaired) electrons. The van der Waals surface area contributed by atoms with Crippen LogP contribution in [-0.4, -0.2) is 33.3 Å². The fourth-order valence-corrected chi connectivity index (χ4v) is 5.46. The van der Waals surface area contributed by atoms with Crippen LogP contribution in [0, 0.1) is 0 Å². The maximum atomic E-state index is 11.9. The number of aromatic nitrogens is 3. The van der Waals surface area contributed by atoms with E-state index in [4.69, 9.17) is 9.72 Å². The van der Waals surface area contributed by atoms with Gasteiger partial charge in [0.25, 0.3) is 0 Å². The number of imidazole rings is 1. The van der Waals surface area contributed by atoms with Crippen molar-refractivity contribution in [1.82, 2.24) is 14.5 Å². The molecule has 0 amide bonds. The molecule has 1 aliphatic heterocycles. The van der Waals surface area contributed by atoms with Crippen molar-refractivity contribution in [2.75, 3.05) is 18.6 Å². The topological polar surface area (TPSA) is 60.2 Å². The van der Waals surface area contributed by atoms with Gasteiger partial charge in [-0.15, -0.1) is 12.6 Å². The fourth-order valence-electron chi connectivity index (χ4n) is 5.32. The number of para-hydroxylation sites is 2. The number of ether oxygens (including phenoxy) is 1. The minimum Gasteiger partial charge on any atom is -0.493 e. The molecule has 0 aliphatic carbocycles. The number of fused-ring (bicyclic) bond motifs is 2. The molecule has 5 aromatic rings. The third-order valence-electron chi connectivity index (χ3n) is 7.57. The first-order chi connectivity index (χ1) is 19.0. The lowest BCUT2D eigenvalue weighted by atomic mass is 9.92. The smallest absolute Gasteiger partial charge is 0.216 e. The Kier molecular flexibility index (Phi) is 6.83. The van der Waals surface area contributed by atoms with Crippen molar-refractivity contribution in [2.45, 2.75) is 32.2 Å². The van der Waals surface area contributed by atoms with E-state index in [9.17, 15) is 4.79 Å². The summed E-state index contributed by atoms with van der Waals surface area (Å²) < 4.78 is 8.39. The Morgan fingerprint density at radius 2 is 1.85 bits per heavy atom. The van der Waals surface area contributed by atoms with Crippen LogP contribution in [0.3, 0.4) is 0 Å². The number of anilines is 2. The largest absolute Gasteiger partial charge is 0.493 e. The minimum atomic E-state index is -0.290. The zero-order valence-corrected chi connectivity index (χ0v) is 22.9. The van der Waals surface area contributed by atoms with Gasteiger partial charge in [-0.2, -0.15) is 0 Å². The van der Waals surface area contributed by atoms with Gasteiger partial charge in [0.2, 0.25) is 5.12 Å². The van der Waals surface area contributed by atoms with E-state index < -0.39 is 0 Å². The highest BCUT2D eigenvalue weighted by Crippen LogP contribution is 2.39. The lowest BCUT2D eigenvalue weighted by Crippen LogP contribution is -2.20. The van der Waals surface area contributed by atoms with Gasteiger partial charge in [0.15, 0.2) is 5.82 Å². The van der Waals surface area contributed by atoms with Crippen LogP contribution in [0.5, 0.6) is 5.75 Å². The maximum absolute atomic E-state index is 11.9. The zero-order chi connectivity index (χ0) is 26.9. The molecule has 196 valence electrons. The van der Waals surface area contributed by atoms with E-state index in [1.807, 2.05) is 18.2 Å². The number of thiol groups is 1. The number of rotatable bonds is 7. The summed E-state index contributed by atoms with van der Waals surface area (Å²) in [5, 5.41) is -0.290. The zero-order valence-electron chi connectivity index (χ0n) is 22.0. The molecule has 0 N–H and O–H groups in total. The molecule has 0 bridgehead atoms. The Labute approximate surface area is 233 Å². The molecule has 1 unspecified atom stereocenters. The average molecular weight is 535 g/mol. The van der Waals surface area contributed by atoms with E-state index in [1.165, 1.54) is 11.1 Å². The molecule has 6 nitrogen and oxygen atoms in total. The second kappa shape index (κ2) is 10.6. The number of hydrogen-bond acceptors (Lipinski definition) is 5. The second-order valence-corrected chi connectivity index (χ2v) is 10.3. The third-order valence-corrected chi connectivity index (χ3v) is 7.83. The molecular formula is C32H30N4O2S. The summed E-state index contributed by atoms with van der Waals surface area (Å²) in [5.41, 5.74) is 7.84. The van der Waals surface area contributed by atoms with Crippen molar-refractivity contribution < 1.29 is 9.53 Å². The van der Waals surface area contributed by atoms with Crippen LogP contribution in [0.4, 0.5) is 11.4 Å². The SMILES string of the molecule is CCc1ccc(N(C)c2ccc3c(c2)OCCC3Cn2c(-c3cc(C(=O)S)ccn3)nc3ccccc32)cc1. The van der Waals surface area contributed by atoms with Gasteiger partial charge >= 0.3 is 0 Å². The second-order valence-electron chi connectivity index (χ2n) is 9.90. The highest BCUT2D eigenvalue weighted by molar-refractivity contribution is 7.97. The Balaban J connectivity index is 1.34. The van der Waals surface area contributed by atoms with E-state index in [-0.39, 0.29) is 11.0 Å². The van der Waals surface area contributed by atoms with Gasteiger partial charge < -0.3 is 14.2 Å². The van der Waals surface area contributed by atoms with E-state index in [2.05, 4.69) is 89.6 Å². The number of pyridine rings is 1. The first kappa shape index (κ1) is 25.2. The van der Waals surface area contributed by atoms with Crippen LogP contribution in [0.2, 0.25) is 0 Å². The molecule has 0 fully saturated rings. The summed E-state index contributed by atoms with van der Waals surface area (Å²) in [5.74, 6) is 1.91. The molecule has 2 aromatic heterocycles. The quantitative estimate of drug-likeness (QED) is 0.226. The van der Waals surface area contributed by atoms with Gasteiger partial charge in [-0.3, -0.25) is 9.78 Å². The van der Waals surface area contributed by atoms with Crippen LogP contribution < -0.4 is 9.64 Å². The number of nitrogens with zero attached hydrogens (tertiary/aromatic N) is 4. The molecule has 0 saturated carbocycles. The highest BCUT2D eigenvalue weighted by atomic mass is 32.1. The Morgan fingerprint density at radius 3 is 2.64 bits per heavy atom.